The molecule has 0 atom stereocenters. The van der Waals surface area contributed by atoms with Crippen LogP contribution in [-0.4, -0.2) is 12.6 Å². The number of hydrogen-bond acceptors (Lipinski definition) is 2. The first-order valence-electron chi connectivity index (χ1n) is 3.86. The molecule has 0 aliphatic carbocycles. The Morgan fingerprint density at radius 1 is 1.40 bits per heavy atom. The Bertz CT molecular complexity index is 363. The first-order valence-corrected chi connectivity index (χ1v) is 4.98. The fourth-order valence-electron chi connectivity index (χ4n) is 1.00. The van der Waals surface area contributed by atoms with E-state index < -0.39 is 6.36 Å². The van der Waals surface area contributed by atoms with E-state index in [-0.39, 0.29) is 16.6 Å². The highest BCUT2D eigenvalue weighted by Gasteiger charge is 2.31. The van der Waals surface area contributed by atoms with Gasteiger partial charge in [-0.05, 0) is 18.2 Å². The zero-order valence-electron chi connectivity index (χ0n) is 7.34. The van der Waals surface area contributed by atoms with Gasteiger partial charge in [-0.1, -0.05) is 15.9 Å². The third-order valence-electron chi connectivity index (χ3n) is 1.59. The van der Waals surface area contributed by atoms with Crippen molar-refractivity contribution in [3.63, 3.8) is 0 Å². The molecule has 15 heavy (non-hydrogen) atoms. The average Bonchev–Trinajstić information content (AvgIpc) is 2.16. The number of carbonyl (C=O) groups is 1. The Morgan fingerprint density at radius 2 is 2.07 bits per heavy atom. The largest absolute Gasteiger partial charge is 0.573 e. The van der Waals surface area contributed by atoms with E-state index in [1.807, 2.05) is 0 Å². The maximum atomic E-state index is 11.9. The van der Waals surface area contributed by atoms with Crippen molar-refractivity contribution < 1.29 is 22.7 Å². The molecule has 0 spiro atoms. The molecule has 0 aliphatic heterocycles. The van der Waals surface area contributed by atoms with Crippen LogP contribution < -0.4 is 4.74 Å². The topological polar surface area (TPSA) is 26.3 Å². The van der Waals surface area contributed by atoms with E-state index in [4.69, 9.17) is 0 Å². The molecule has 0 aliphatic rings. The number of ether oxygens (including phenoxy) is 1. The first-order chi connectivity index (χ1) is 6.96. The van der Waals surface area contributed by atoms with Crippen molar-refractivity contribution in [2.45, 2.75) is 11.7 Å². The van der Waals surface area contributed by atoms with Crippen LogP contribution in [-0.2, 0) is 5.33 Å². The third kappa shape index (κ3) is 3.54. The second-order valence-electron chi connectivity index (χ2n) is 2.67. The third-order valence-corrected chi connectivity index (χ3v) is 2.19. The summed E-state index contributed by atoms with van der Waals surface area (Å²) in [7, 11) is 0. The molecule has 0 saturated heterocycles. The van der Waals surface area contributed by atoms with Gasteiger partial charge in [0.25, 0.3) is 0 Å². The molecule has 0 N–H and O–H groups in total. The van der Waals surface area contributed by atoms with Crippen LogP contribution in [0.2, 0.25) is 0 Å². The van der Waals surface area contributed by atoms with Crippen LogP contribution in [0.25, 0.3) is 0 Å². The Labute approximate surface area is 92.2 Å². The molecule has 0 saturated carbocycles. The molecule has 0 aromatic heterocycles. The fraction of sp³-hybridized carbons (Fsp3) is 0.222. The molecule has 1 rings (SSSR count). The van der Waals surface area contributed by atoms with E-state index in [2.05, 4.69) is 20.7 Å². The maximum Gasteiger partial charge on any atom is 0.573 e. The lowest BCUT2D eigenvalue weighted by Gasteiger charge is -2.12. The standard InChI is InChI=1S/C9H6BrF3O2/c10-4-7-3-6(5-14)1-2-8(7)15-9(11,12)13/h1-3,5H,4H2. The lowest BCUT2D eigenvalue weighted by Crippen LogP contribution is -2.18. The normalized spacial score (nSPS) is 11.2. The lowest BCUT2D eigenvalue weighted by molar-refractivity contribution is -0.274. The van der Waals surface area contributed by atoms with Crippen LogP contribution in [0.5, 0.6) is 5.75 Å². The number of halogens is 4. The van der Waals surface area contributed by atoms with Gasteiger partial charge in [0.2, 0.25) is 0 Å². The minimum Gasteiger partial charge on any atom is -0.405 e. The Balaban J connectivity index is 3.02. The highest BCUT2D eigenvalue weighted by atomic mass is 79.9. The van der Waals surface area contributed by atoms with Crippen molar-refractivity contribution in [1.82, 2.24) is 0 Å². The lowest BCUT2D eigenvalue weighted by atomic mass is 10.1. The van der Waals surface area contributed by atoms with E-state index in [0.29, 0.717) is 11.8 Å². The predicted molar refractivity (Wildman–Crippen MR) is 51.1 cm³/mol. The molecule has 0 bridgehead atoms. The molecule has 0 fully saturated rings. The van der Waals surface area contributed by atoms with Gasteiger partial charge in [-0.15, -0.1) is 13.2 Å². The minimum absolute atomic E-state index is 0.181. The van der Waals surface area contributed by atoms with Crippen LogP contribution in [0.15, 0.2) is 18.2 Å². The second-order valence-corrected chi connectivity index (χ2v) is 3.23. The fourth-order valence-corrected chi connectivity index (χ4v) is 1.44. The minimum atomic E-state index is -4.72. The molecule has 1 aromatic rings. The van der Waals surface area contributed by atoms with Gasteiger partial charge >= 0.3 is 6.36 Å². The van der Waals surface area contributed by atoms with Crippen LogP contribution in [0.1, 0.15) is 15.9 Å². The van der Waals surface area contributed by atoms with Gasteiger partial charge in [-0.25, -0.2) is 0 Å². The van der Waals surface area contributed by atoms with E-state index in [1.165, 1.54) is 12.1 Å². The van der Waals surface area contributed by atoms with Gasteiger partial charge in [0.1, 0.15) is 12.0 Å². The Morgan fingerprint density at radius 3 is 2.53 bits per heavy atom. The molecule has 0 unspecified atom stereocenters. The van der Waals surface area contributed by atoms with Gasteiger partial charge in [0.05, 0.1) is 0 Å². The van der Waals surface area contributed by atoms with Crippen molar-refractivity contribution in [2.75, 3.05) is 0 Å². The summed E-state index contributed by atoms with van der Waals surface area (Å²) < 4.78 is 39.6. The summed E-state index contributed by atoms with van der Waals surface area (Å²) in [5.41, 5.74) is 0.580. The van der Waals surface area contributed by atoms with Crippen LogP contribution in [0.4, 0.5) is 13.2 Å². The zero-order chi connectivity index (χ0) is 11.5. The summed E-state index contributed by atoms with van der Waals surface area (Å²) in [6.07, 6.45) is -4.16. The van der Waals surface area contributed by atoms with Crippen molar-refractivity contribution in [1.29, 1.82) is 0 Å². The number of rotatable bonds is 3. The quantitative estimate of drug-likeness (QED) is 0.628. The number of hydrogen-bond donors (Lipinski definition) is 0. The summed E-state index contributed by atoms with van der Waals surface area (Å²) in [6.45, 7) is 0. The zero-order valence-corrected chi connectivity index (χ0v) is 8.93. The number of carbonyl (C=O) groups excluding carboxylic acids is 1. The molecule has 0 amide bonds. The Hall–Kier alpha value is -1.04. The number of benzene rings is 1. The molecule has 0 radical (unpaired) electrons. The highest BCUT2D eigenvalue weighted by Crippen LogP contribution is 2.28. The van der Waals surface area contributed by atoms with Gasteiger partial charge in [0.15, 0.2) is 0 Å². The van der Waals surface area contributed by atoms with Gasteiger partial charge < -0.3 is 4.74 Å². The molecule has 1 aromatic carbocycles. The molecule has 0 heterocycles. The summed E-state index contributed by atoms with van der Waals surface area (Å²) in [4.78, 5) is 10.4. The smallest absolute Gasteiger partial charge is 0.405 e. The van der Waals surface area contributed by atoms with Gasteiger partial charge in [-0.3, -0.25) is 4.79 Å². The molecular weight excluding hydrogens is 277 g/mol. The van der Waals surface area contributed by atoms with Crippen LogP contribution in [0, 0.1) is 0 Å². The molecular formula is C9H6BrF3O2. The van der Waals surface area contributed by atoms with E-state index >= 15 is 0 Å². The summed E-state index contributed by atoms with van der Waals surface area (Å²) in [5.74, 6) is -0.301. The summed E-state index contributed by atoms with van der Waals surface area (Å²) in [5, 5.41) is 0.181. The Kier molecular flexibility index (Phi) is 3.73. The average molecular weight is 283 g/mol. The van der Waals surface area contributed by atoms with Crippen LogP contribution >= 0.6 is 15.9 Å². The number of aldehydes is 1. The molecule has 6 heteroatoms. The van der Waals surface area contributed by atoms with Crippen LogP contribution in [0.3, 0.4) is 0 Å². The van der Waals surface area contributed by atoms with Crippen molar-refractivity contribution in [2.24, 2.45) is 0 Å². The SMILES string of the molecule is O=Cc1ccc(OC(F)(F)F)c(CBr)c1. The summed E-state index contributed by atoms with van der Waals surface area (Å²) in [6, 6.07) is 3.72. The monoisotopic (exact) mass is 282 g/mol. The van der Waals surface area contributed by atoms with Crippen molar-refractivity contribution in [3.8, 4) is 5.75 Å². The van der Waals surface area contributed by atoms with E-state index in [9.17, 15) is 18.0 Å². The van der Waals surface area contributed by atoms with E-state index in [0.717, 1.165) is 6.07 Å². The van der Waals surface area contributed by atoms with Gasteiger partial charge in [0, 0.05) is 16.5 Å². The van der Waals surface area contributed by atoms with Gasteiger partial charge in [-0.2, -0.15) is 0 Å². The second kappa shape index (κ2) is 4.65. The van der Waals surface area contributed by atoms with Crippen molar-refractivity contribution in [3.05, 3.63) is 29.3 Å². The number of alkyl halides is 4. The van der Waals surface area contributed by atoms with Crippen molar-refractivity contribution >= 4 is 22.2 Å². The first kappa shape index (κ1) is 12.0. The van der Waals surface area contributed by atoms with E-state index in [1.54, 1.807) is 0 Å². The highest BCUT2D eigenvalue weighted by molar-refractivity contribution is 9.08. The maximum absolute atomic E-state index is 11.9. The molecule has 2 nitrogen and oxygen atoms in total. The molecule has 82 valence electrons. The summed E-state index contributed by atoms with van der Waals surface area (Å²) >= 11 is 3.02. The predicted octanol–water partition coefficient (Wildman–Crippen LogP) is 3.29.